The molecule has 0 aliphatic carbocycles. The number of aromatic nitrogens is 1. The maximum Gasteiger partial charge on any atom is 0.573 e. The Kier molecular flexibility index (Phi) is 7.26. The van der Waals surface area contributed by atoms with Crippen LogP contribution in [0.25, 0.3) is 10.2 Å². The van der Waals surface area contributed by atoms with Gasteiger partial charge in [0.05, 0.1) is 17.3 Å². The van der Waals surface area contributed by atoms with Crippen molar-refractivity contribution in [2.75, 3.05) is 19.0 Å². The molecule has 2 aromatic carbocycles. The molecule has 0 bridgehead atoms. The summed E-state index contributed by atoms with van der Waals surface area (Å²) in [5, 5.41) is 5.50. The minimum atomic E-state index is -4.80. The average Bonchev–Trinajstić information content (AvgIpc) is 3.11. The summed E-state index contributed by atoms with van der Waals surface area (Å²) >= 11 is 0.999. The molecule has 0 fully saturated rings. The molecule has 0 saturated carbocycles. The van der Waals surface area contributed by atoms with Crippen LogP contribution < -0.4 is 24.8 Å². The summed E-state index contributed by atoms with van der Waals surface area (Å²) in [5.74, 6) is -0.654. The number of nitrogens with zero attached hydrogens (tertiary/aromatic N) is 1. The lowest BCUT2D eigenvalue weighted by molar-refractivity contribution is -0.274. The van der Waals surface area contributed by atoms with Gasteiger partial charge in [-0.15, -0.1) is 13.2 Å². The van der Waals surface area contributed by atoms with E-state index in [9.17, 15) is 22.8 Å². The van der Waals surface area contributed by atoms with E-state index in [4.69, 9.17) is 9.47 Å². The number of amides is 2. The highest BCUT2D eigenvalue weighted by Gasteiger charge is 2.31. The van der Waals surface area contributed by atoms with Gasteiger partial charge in [-0.25, -0.2) is 4.98 Å². The number of benzene rings is 2. The average molecular weight is 483 g/mol. The van der Waals surface area contributed by atoms with Gasteiger partial charge >= 0.3 is 6.36 Å². The quantitative estimate of drug-likeness (QED) is 0.494. The van der Waals surface area contributed by atoms with Gasteiger partial charge in [0.25, 0.3) is 11.8 Å². The molecule has 0 radical (unpaired) electrons. The summed E-state index contributed by atoms with van der Waals surface area (Å²) in [4.78, 5) is 28.6. The summed E-state index contributed by atoms with van der Waals surface area (Å²) in [6.07, 6.45) is -4.80. The number of alkyl halides is 3. The van der Waals surface area contributed by atoms with Crippen LogP contribution in [0.1, 0.15) is 24.2 Å². The smallest absolute Gasteiger partial charge is 0.493 e. The second-order valence-corrected chi connectivity index (χ2v) is 8.06. The Morgan fingerprint density at radius 1 is 1.12 bits per heavy atom. The van der Waals surface area contributed by atoms with E-state index in [2.05, 4.69) is 20.4 Å². The zero-order valence-corrected chi connectivity index (χ0v) is 18.6. The lowest BCUT2D eigenvalue weighted by Gasteiger charge is -2.13. The molecule has 1 heterocycles. The number of carbonyl (C=O) groups is 2. The molecular formula is C21H20F3N3O5S. The van der Waals surface area contributed by atoms with Gasteiger partial charge in [0.1, 0.15) is 5.75 Å². The molecule has 2 N–H and O–H groups in total. The third-order valence-electron chi connectivity index (χ3n) is 4.05. The van der Waals surface area contributed by atoms with E-state index in [-0.39, 0.29) is 46.5 Å². The molecule has 1 aromatic heterocycles. The Balaban J connectivity index is 1.70. The van der Waals surface area contributed by atoms with E-state index in [0.717, 1.165) is 17.4 Å². The van der Waals surface area contributed by atoms with Gasteiger partial charge in [0, 0.05) is 17.7 Å². The van der Waals surface area contributed by atoms with Gasteiger partial charge in [-0.1, -0.05) is 11.3 Å². The van der Waals surface area contributed by atoms with Crippen molar-refractivity contribution in [1.82, 2.24) is 10.3 Å². The molecule has 0 aliphatic rings. The zero-order valence-electron chi connectivity index (χ0n) is 17.8. The third-order valence-corrected chi connectivity index (χ3v) is 4.98. The Hall–Kier alpha value is -3.54. The number of nitrogens with one attached hydrogen (secondary N) is 2. The fraction of sp³-hybridized carbons (Fsp3) is 0.286. The molecule has 2 amide bonds. The fourth-order valence-corrected chi connectivity index (χ4v) is 3.65. The van der Waals surface area contributed by atoms with E-state index >= 15 is 0 Å². The SMILES string of the molecule is COc1cc(C(=O)Nc2nc3ccc(OC(F)(F)F)cc3s2)ccc1OCC(=O)NC(C)C. The minimum Gasteiger partial charge on any atom is -0.493 e. The topological polar surface area (TPSA) is 98.8 Å². The highest BCUT2D eigenvalue weighted by atomic mass is 32.1. The zero-order chi connectivity index (χ0) is 24.2. The summed E-state index contributed by atoms with van der Waals surface area (Å²) < 4.78 is 52.2. The normalized spacial score (nSPS) is 11.4. The Labute approximate surface area is 190 Å². The van der Waals surface area contributed by atoms with Crippen molar-refractivity contribution in [3.63, 3.8) is 0 Å². The lowest BCUT2D eigenvalue weighted by Crippen LogP contribution is -2.34. The number of anilines is 1. The monoisotopic (exact) mass is 483 g/mol. The van der Waals surface area contributed by atoms with E-state index in [1.807, 2.05) is 13.8 Å². The van der Waals surface area contributed by atoms with Crippen molar-refractivity contribution in [3.8, 4) is 17.2 Å². The summed E-state index contributed by atoms with van der Waals surface area (Å²) in [7, 11) is 1.40. The Bertz CT molecular complexity index is 1160. The number of rotatable bonds is 8. The molecule has 0 aliphatic heterocycles. The number of hydrogen-bond acceptors (Lipinski definition) is 7. The molecule has 12 heteroatoms. The van der Waals surface area contributed by atoms with Crippen molar-refractivity contribution in [1.29, 1.82) is 0 Å². The first-order chi connectivity index (χ1) is 15.5. The molecule has 0 unspecified atom stereocenters. The van der Waals surface area contributed by atoms with Crippen molar-refractivity contribution >= 4 is 38.5 Å². The predicted molar refractivity (Wildman–Crippen MR) is 116 cm³/mol. The molecule has 0 saturated heterocycles. The number of hydrogen-bond donors (Lipinski definition) is 2. The number of methoxy groups -OCH3 is 1. The van der Waals surface area contributed by atoms with Crippen molar-refractivity contribution in [3.05, 3.63) is 42.0 Å². The van der Waals surface area contributed by atoms with Gasteiger partial charge in [0.2, 0.25) is 0 Å². The molecule has 3 rings (SSSR count). The van der Waals surface area contributed by atoms with Crippen LogP contribution in [0.2, 0.25) is 0 Å². The van der Waals surface area contributed by atoms with E-state index in [0.29, 0.717) is 10.2 Å². The molecule has 8 nitrogen and oxygen atoms in total. The Morgan fingerprint density at radius 3 is 2.55 bits per heavy atom. The number of thiazole rings is 1. The van der Waals surface area contributed by atoms with E-state index < -0.39 is 12.3 Å². The van der Waals surface area contributed by atoms with Gasteiger partial charge < -0.3 is 19.5 Å². The maximum atomic E-state index is 12.6. The van der Waals surface area contributed by atoms with Crippen molar-refractivity contribution < 1.29 is 37.0 Å². The van der Waals surface area contributed by atoms with Crippen LogP contribution in [0.3, 0.4) is 0 Å². The van der Waals surface area contributed by atoms with Crippen LogP contribution >= 0.6 is 11.3 Å². The number of carbonyl (C=O) groups excluding carboxylic acids is 2. The first-order valence-electron chi connectivity index (χ1n) is 9.62. The predicted octanol–water partition coefficient (Wildman–Crippen LogP) is 4.36. The van der Waals surface area contributed by atoms with Crippen LogP contribution in [-0.4, -0.2) is 42.9 Å². The van der Waals surface area contributed by atoms with Crippen LogP contribution in [-0.2, 0) is 4.79 Å². The molecule has 0 atom stereocenters. The van der Waals surface area contributed by atoms with Crippen LogP contribution in [0.4, 0.5) is 18.3 Å². The van der Waals surface area contributed by atoms with Crippen molar-refractivity contribution in [2.45, 2.75) is 26.3 Å². The Morgan fingerprint density at radius 2 is 1.88 bits per heavy atom. The summed E-state index contributed by atoms with van der Waals surface area (Å²) in [6.45, 7) is 3.44. The van der Waals surface area contributed by atoms with Gasteiger partial charge in [-0.2, -0.15) is 0 Å². The van der Waals surface area contributed by atoms with Crippen LogP contribution in [0.5, 0.6) is 17.2 Å². The second-order valence-electron chi connectivity index (χ2n) is 7.03. The number of halogens is 3. The van der Waals surface area contributed by atoms with E-state index in [1.54, 1.807) is 0 Å². The highest BCUT2D eigenvalue weighted by molar-refractivity contribution is 7.22. The molecular weight excluding hydrogens is 463 g/mol. The third kappa shape index (κ3) is 6.72. The summed E-state index contributed by atoms with van der Waals surface area (Å²) in [6, 6.07) is 8.10. The minimum absolute atomic E-state index is 0.0275. The first kappa shape index (κ1) is 24.1. The number of fused-ring (bicyclic) bond motifs is 1. The maximum absolute atomic E-state index is 12.6. The van der Waals surface area contributed by atoms with Gasteiger partial charge in [-0.05, 0) is 44.2 Å². The standard InChI is InChI=1S/C21H20F3N3O5S/c1-11(2)25-18(28)10-31-15-7-4-12(8-16(15)30-3)19(29)27-20-26-14-6-5-13(9-17(14)33-20)32-21(22,23)24/h4-9,11H,10H2,1-3H3,(H,25,28)(H,26,27,29). The van der Waals surface area contributed by atoms with Crippen LogP contribution in [0, 0.1) is 0 Å². The summed E-state index contributed by atoms with van der Waals surface area (Å²) in [5.41, 5.74) is 0.636. The first-order valence-corrected chi connectivity index (χ1v) is 10.4. The fourth-order valence-electron chi connectivity index (χ4n) is 2.76. The second kappa shape index (κ2) is 9.94. The van der Waals surface area contributed by atoms with Crippen molar-refractivity contribution in [2.24, 2.45) is 0 Å². The highest BCUT2D eigenvalue weighted by Crippen LogP contribution is 2.32. The number of ether oxygens (including phenoxy) is 3. The van der Waals surface area contributed by atoms with E-state index in [1.165, 1.54) is 37.4 Å². The van der Waals surface area contributed by atoms with Gasteiger partial charge in [0.15, 0.2) is 23.2 Å². The molecule has 3 aromatic rings. The molecule has 0 spiro atoms. The van der Waals surface area contributed by atoms with Crippen LogP contribution in [0.15, 0.2) is 36.4 Å². The van der Waals surface area contributed by atoms with Gasteiger partial charge in [-0.3, -0.25) is 14.9 Å². The molecule has 33 heavy (non-hydrogen) atoms. The lowest BCUT2D eigenvalue weighted by atomic mass is 10.2. The largest absolute Gasteiger partial charge is 0.573 e. The molecule has 176 valence electrons.